The Morgan fingerprint density at radius 1 is 1.12 bits per heavy atom. The highest BCUT2D eigenvalue weighted by Gasteiger charge is 2.21. The van der Waals surface area contributed by atoms with Crippen molar-refractivity contribution in [3.8, 4) is 11.4 Å². The lowest BCUT2D eigenvalue weighted by atomic mass is 9.97. The summed E-state index contributed by atoms with van der Waals surface area (Å²) in [5.74, 6) is 0.668. The summed E-state index contributed by atoms with van der Waals surface area (Å²) in [5.41, 5.74) is 4.32. The molecule has 0 saturated heterocycles. The summed E-state index contributed by atoms with van der Waals surface area (Å²) in [4.78, 5) is 26.3. The van der Waals surface area contributed by atoms with Crippen LogP contribution in [0.2, 0.25) is 0 Å². The van der Waals surface area contributed by atoms with Crippen LogP contribution in [-0.2, 0) is 12.8 Å². The van der Waals surface area contributed by atoms with Gasteiger partial charge in [-0.3, -0.25) is 4.79 Å². The Hall–Kier alpha value is -2.40. The van der Waals surface area contributed by atoms with Crippen LogP contribution >= 0.6 is 11.3 Å². The van der Waals surface area contributed by atoms with E-state index in [1.807, 2.05) is 25.1 Å². The Morgan fingerprint density at radius 2 is 1.96 bits per heavy atom. The fourth-order valence-electron chi connectivity index (χ4n) is 3.86. The fourth-order valence-corrected chi connectivity index (χ4v) is 5.13. The number of para-hydroxylation sites is 1. The minimum Gasteiger partial charge on any atom is -0.358 e. The van der Waals surface area contributed by atoms with Crippen molar-refractivity contribution < 1.29 is 0 Å². The van der Waals surface area contributed by atoms with Crippen LogP contribution < -0.4 is 5.56 Å². The van der Waals surface area contributed by atoms with E-state index in [-0.39, 0.29) is 5.56 Å². The maximum atomic E-state index is 12.8. The average Bonchev–Trinajstić information content (AvgIpc) is 3.11. The molecule has 0 amide bonds. The Morgan fingerprint density at radius 3 is 2.88 bits per heavy atom. The lowest BCUT2D eigenvalue weighted by molar-refractivity contribution is 0.700. The fraction of sp³-hybridized carbons (Fsp3) is 0.263. The Balaban J connectivity index is 1.81. The van der Waals surface area contributed by atoms with Crippen LogP contribution in [0.1, 0.15) is 29.0 Å². The molecular weight excluding hydrogens is 318 g/mol. The summed E-state index contributed by atoms with van der Waals surface area (Å²) in [6.07, 6.45) is 4.47. The van der Waals surface area contributed by atoms with E-state index in [1.54, 1.807) is 11.3 Å². The SMILES string of the molecule is Cc1[nH]c2ccccc2c1-c1nc2sc3c(c2c(=O)[nH]1)CCCC3. The summed E-state index contributed by atoms with van der Waals surface area (Å²) in [6, 6.07) is 8.14. The smallest absolute Gasteiger partial charge is 0.260 e. The highest BCUT2D eigenvalue weighted by atomic mass is 32.1. The number of H-pyrrole nitrogens is 2. The molecule has 120 valence electrons. The Labute approximate surface area is 142 Å². The van der Waals surface area contributed by atoms with Crippen LogP contribution in [0.15, 0.2) is 29.1 Å². The molecule has 4 nitrogen and oxygen atoms in total. The highest BCUT2D eigenvalue weighted by Crippen LogP contribution is 2.35. The van der Waals surface area contributed by atoms with Crippen LogP contribution in [0.25, 0.3) is 32.5 Å². The van der Waals surface area contributed by atoms with Gasteiger partial charge in [-0.15, -0.1) is 11.3 Å². The molecule has 0 bridgehead atoms. The normalized spacial score (nSPS) is 14.4. The largest absolute Gasteiger partial charge is 0.358 e. The lowest BCUT2D eigenvalue weighted by Crippen LogP contribution is -2.11. The maximum Gasteiger partial charge on any atom is 0.260 e. The predicted octanol–water partition coefficient (Wildman–Crippen LogP) is 4.32. The Bertz CT molecular complexity index is 1150. The molecule has 0 fully saturated rings. The molecular formula is C19H17N3OS. The maximum absolute atomic E-state index is 12.8. The van der Waals surface area contributed by atoms with Crippen LogP contribution in [0.4, 0.5) is 0 Å². The van der Waals surface area contributed by atoms with E-state index in [0.29, 0.717) is 5.82 Å². The van der Waals surface area contributed by atoms with E-state index in [1.165, 1.54) is 23.3 Å². The molecule has 0 radical (unpaired) electrons. The molecule has 24 heavy (non-hydrogen) atoms. The second-order valence-electron chi connectivity index (χ2n) is 6.48. The summed E-state index contributed by atoms with van der Waals surface area (Å²) in [7, 11) is 0. The molecule has 2 N–H and O–H groups in total. The standard InChI is InChI=1S/C19H17N3OS/c1-10-15(11-6-2-4-8-13(11)20-10)17-21-18(23)16-12-7-3-5-9-14(12)24-19(16)22-17/h2,4,6,8,20H,3,5,7,9H2,1H3,(H,21,22,23). The number of hydrogen-bond donors (Lipinski definition) is 2. The molecule has 0 unspecified atom stereocenters. The van der Waals surface area contributed by atoms with Gasteiger partial charge in [0.2, 0.25) is 0 Å². The third-order valence-corrected chi connectivity index (χ3v) is 6.14. The first-order chi connectivity index (χ1) is 11.7. The highest BCUT2D eigenvalue weighted by molar-refractivity contribution is 7.18. The molecule has 1 aliphatic rings. The average molecular weight is 335 g/mol. The summed E-state index contributed by atoms with van der Waals surface area (Å²) in [6.45, 7) is 2.03. The number of benzene rings is 1. The topological polar surface area (TPSA) is 61.5 Å². The van der Waals surface area contributed by atoms with Crippen molar-refractivity contribution in [1.82, 2.24) is 15.0 Å². The molecule has 1 aliphatic carbocycles. The molecule has 5 rings (SSSR count). The van der Waals surface area contributed by atoms with Crippen molar-refractivity contribution in [2.45, 2.75) is 32.6 Å². The van der Waals surface area contributed by atoms with Crippen LogP contribution in [-0.4, -0.2) is 15.0 Å². The molecule has 5 heteroatoms. The van der Waals surface area contributed by atoms with E-state index in [0.717, 1.165) is 45.2 Å². The second-order valence-corrected chi connectivity index (χ2v) is 7.56. The predicted molar refractivity (Wildman–Crippen MR) is 98.9 cm³/mol. The van der Waals surface area contributed by atoms with E-state index < -0.39 is 0 Å². The number of aromatic nitrogens is 3. The zero-order valence-corrected chi connectivity index (χ0v) is 14.2. The van der Waals surface area contributed by atoms with Gasteiger partial charge in [0.25, 0.3) is 5.56 Å². The molecule has 0 saturated carbocycles. The zero-order valence-electron chi connectivity index (χ0n) is 13.4. The van der Waals surface area contributed by atoms with Gasteiger partial charge in [-0.1, -0.05) is 18.2 Å². The van der Waals surface area contributed by atoms with E-state index in [4.69, 9.17) is 4.98 Å². The van der Waals surface area contributed by atoms with E-state index in [2.05, 4.69) is 16.0 Å². The monoisotopic (exact) mass is 335 g/mol. The number of fused-ring (bicyclic) bond motifs is 4. The van der Waals surface area contributed by atoms with Crippen molar-refractivity contribution >= 4 is 32.5 Å². The number of nitrogens with one attached hydrogen (secondary N) is 2. The van der Waals surface area contributed by atoms with Crippen LogP contribution in [0.3, 0.4) is 0 Å². The van der Waals surface area contributed by atoms with Gasteiger partial charge in [0.05, 0.1) is 5.39 Å². The molecule has 3 aromatic heterocycles. The molecule has 0 spiro atoms. The van der Waals surface area contributed by atoms with Gasteiger partial charge in [0.15, 0.2) is 0 Å². The van der Waals surface area contributed by atoms with E-state index in [9.17, 15) is 4.79 Å². The van der Waals surface area contributed by atoms with Gasteiger partial charge >= 0.3 is 0 Å². The van der Waals surface area contributed by atoms with Gasteiger partial charge in [-0.2, -0.15) is 0 Å². The van der Waals surface area contributed by atoms with Gasteiger partial charge in [-0.05, 0) is 44.2 Å². The molecule has 0 atom stereocenters. The van der Waals surface area contributed by atoms with E-state index >= 15 is 0 Å². The van der Waals surface area contributed by atoms with Crippen molar-refractivity contribution in [2.75, 3.05) is 0 Å². The van der Waals surface area contributed by atoms with Crippen molar-refractivity contribution in [3.05, 3.63) is 50.8 Å². The number of aromatic amines is 2. The van der Waals surface area contributed by atoms with Gasteiger partial charge in [0.1, 0.15) is 10.7 Å². The quantitative estimate of drug-likeness (QED) is 0.544. The van der Waals surface area contributed by atoms with Crippen LogP contribution in [0.5, 0.6) is 0 Å². The third-order valence-electron chi connectivity index (χ3n) is 4.96. The number of hydrogen-bond acceptors (Lipinski definition) is 3. The minimum atomic E-state index is -0.000851. The number of thiophene rings is 1. The summed E-state index contributed by atoms with van der Waals surface area (Å²) in [5, 5.41) is 1.91. The number of rotatable bonds is 1. The first kappa shape index (κ1) is 14.0. The number of nitrogens with zero attached hydrogens (tertiary/aromatic N) is 1. The second kappa shape index (κ2) is 5.05. The summed E-state index contributed by atoms with van der Waals surface area (Å²) >= 11 is 1.70. The first-order valence-corrected chi connectivity index (χ1v) is 9.16. The summed E-state index contributed by atoms with van der Waals surface area (Å²) < 4.78 is 0. The van der Waals surface area contributed by atoms with Gasteiger partial charge in [0, 0.05) is 27.0 Å². The third kappa shape index (κ3) is 1.91. The van der Waals surface area contributed by atoms with Crippen molar-refractivity contribution in [2.24, 2.45) is 0 Å². The number of aryl methyl sites for hydroxylation is 3. The van der Waals surface area contributed by atoms with Crippen molar-refractivity contribution in [3.63, 3.8) is 0 Å². The van der Waals surface area contributed by atoms with Crippen LogP contribution in [0, 0.1) is 6.92 Å². The zero-order chi connectivity index (χ0) is 16.3. The Kier molecular flexibility index (Phi) is 2.94. The molecule has 3 heterocycles. The molecule has 0 aliphatic heterocycles. The first-order valence-electron chi connectivity index (χ1n) is 8.34. The van der Waals surface area contributed by atoms with Gasteiger partial charge in [-0.25, -0.2) is 4.98 Å². The van der Waals surface area contributed by atoms with Gasteiger partial charge < -0.3 is 9.97 Å². The minimum absolute atomic E-state index is 0.000851. The molecule has 1 aromatic carbocycles. The lowest BCUT2D eigenvalue weighted by Gasteiger charge is -2.09. The molecule has 4 aromatic rings. The van der Waals surface area contributed by atoms with Crippen molar-refractivity contribution in [1.29, 1.82) is 0 Å².